The fraction of sp³-hybridized carbons (Fsp3) is 0.533. The Labute approximate surface area is 128 Å². The molecule has 1 aromatic carbocycles. The maximum atomic E-state index is 12.2. The summed E-state index contributed by atoms with van der Waals surface area (Å²) in [6.45, 7) is 5.44. The Kier molecular flexibility index (Phi) is 5.05. The van der Waals surface area contributed by atoms with E-state index in [0.29, 0.717) is 6.54 Å². The molecule has 0 radical (unpaired) electrons. The zero-order valence-electron chi connectivity index (χ0n) is 12.2. The minimum Gasteiger partial charge on any atom is -0.376 e. The number of aryl methyl sites for hydroxylation is 2. The van der Waals surface area contributed by atoms with E-state index in [9.17, 15) is 4.79 Å². The first-order valence-electron chi connectivity index (χ1n) is 6.88. The lowest BCUT2D eigenvalue weighted by atomic mass is 10.1. The standard InChI is InChI=1S/C15H21BrN2O2/c1-10-7-12(16)8-11(2)14(10)17-15(19)18(3)9-13-5-4-6-20-13/h7-8,13H,4-6,9H2,1-3H3,(H,17,19). The molecule has 0 saturated carbocycles. The van der Waals surface area contributed by atoms with Gasteiger partial charge in [0, 0.05) is 30.4 Å². The lowest BCUT2D eigenvalue weighted by Crippen LogP contribution is -2.37. The molecule has 1 saturated heterocycles. The summed E-state index contributed by atoms with van der Waals surface area (Å²) in [5, 5.41) is 2.99. The fourth-order valence-electron chi connectivity index (χ4n) is 2.49. The summed E-state index contributed by atoms with van der Waals surface area (Å²) < 4.78 is 6.59. The van der Waals surface area contributed by atoms with Gasteiger partial charge in [-0.3, -0.25) is 0 Å². The highest BCUT2D eigenvalue weighted by atomic mass is 79.9. The van der Waals surface area contributed by atoms with Crippen LogP contribution in [0, 0.1) is 13.8 Å². The molecular weight excluding hydrogens is 320 g/mol. The molecule has 1 fully saturated rings. The van der Waals surface area contributed by atoms with Crippen LogP contribution >= 0.6 is 15.9 Å². The Balaban J connectivity index is 2.00. The summed E-state index contributed by atoms with van der Waals surface area (Å²) in [5.74, 6) is 0. The molecule has 0 bridgehead atoms. The Bertz CT molecular complexity index is 476. The van der Waals surface area contributed by atoms with Gasteiger partial charge in [0.05, 0.1) is 6.10 Å². The fourth-order valence-corrected chi connectivity index (χ4v) is 3.17. The zero-order chi connectivity index (χ0) is 14.7. The maximum Gasteiger partial charge on any atom is 0.321 e. The quantitative estimate of drug-likeness (QED) is 0.911. The molecule has 20 heavy (non-hydrogen) atoms. The second-order valence-electron chi connectivity index (χ2n) is 5.36. The third-order valence-corrected chi connectivity index (χ3v) is 4.04. The number of likely N-dealkylation sites (N-methyl/N-ethyl adjacent to an activating group) is 1. The van der Waals surface area contributed by atoms with Crippen LogP contribution in [0.25, 0.3) is 0 Å². The Morgan fingerprint density at radius 1 is 1.45 bits per heavy atom. The van der Waals surface area contributed by atoms with Crippen molar-refractivity contribution in [3.63, 3.8) is 0 Å². The van der Waals surface area contributed by atoms with Crippen LogP contribution in [0.3, 0.4) is 0 Å². The summed E-state index contributed by atoms with van der Waals surface area (Å²) >= 11 is 3.46. The Morgan fingerprint density at radius 3 is 2.65 bits per heavy atom. The van der Waals surface area contributed by atoms with Crippen LogP contribution in [0.1, 0.15) is 24.0 Å². The summed E-state index contributed by atoms with van der Waals surface area (Å²) in [6, 6.07) is 3.92. The maximum absolute atomic E-state index is 12.2. The van der Waals surface area contributed by atoms with Crippen molar-refractivity contribution >= 4 is 27.6 Å². The highest BCUT2D eigenvalue weighted by Crippen LogP contribution is 2.25. The van der Waals surface area contributed by atoms with Crippen LogP contribution in [0.5, 0.6) is 0 Å². The second kappa shape index (κ2) is 6.59. The van der Waals surface area contributed by atoms with E-state index in [2.05, 4.69) is 21.2 Å². The molecule has 1 aliphatic rings. The number of hydrogen-bond acceptors (Lipinski definition) is 2. The van der Waals surface area contributed by atoms with Gasteiger partial charge < -0.3 is 15.0 Å². The van der Waals surface area contributed by atoms with Gasteiger partial charge in [-0.25, -0.2) is 4.79 Å². The first-order chi connectivity index (χ1) is 9.47. The van der Waals surface area contributed by atoms with Crippen molar-refractivity contribution < 1.29 is 9.53 Å². The highest BCUT2D eigenvalue weighted by Gasteiger charge is 2.20. The number of benzene rings is 1. The molecule has 1 unspecified atom stereocenters. The minimum absolute atomic E-state index is 0.0889. The number of anilines is 1. The van der Waals surface area contributed by atoms with Crippen LogP contribution in [0.15, 0.2) is 16.6 Å². The summed E-state index contributed by atoms with van der Waals surface area (Å²) in [7, 11) is 1.81. The molecule has 110 valence electrons. The number of ether oxygens (including phenoxy) is 1. The third kappa shape index (κ3) is 3.73. The van der Waals surface area contributed by atoms with Crippen LogP contribution in [0.4, 0.5) is 10.5 Å². The number of hydrogen-bond donors (Lipinski definition) is 1. The number of urea groups is 1. The number of nitrogens with one attached hydrogen (secondary N) is 1. The van der Waals surface area contributed by atoms with E-state index in [4.69, 9.17) is 4.74 Å². The second-order valence-corrected chi connectivity index (χ2v) is 6.28. The van der Waals surface area contributed by atoms with E-state index in [-0.39, 0.29) is 12.1 Å². The van der Waals surface area contributed by atoms with E-state index in [1.54, 1.807) is 11.9 Å². The van der Waals surface area contributed by atoms with Crippen molar-refractivity contribution in [2.45, 2.75) is 32.8 Å². The lowest BCUT2D eigenvalue weighted by molar-refractivity contribution is 0.0894. The number of nitrogens with zero attached hydrogens (tertiary/aromatic N) is 1. The van der Waals surface area contributed by atoms with E-state index in [1.807, 2.05) is 26.0 Å². The largest absolute Gasteiger partial charge is 0.376 e. The SMILES string of the molecule is Cc1cc(Br)cc(C)c1NC(=O)N(C)CC1CCCO1. The van der Waals surface area contributed by atoms with Crippen LogP contribution in [-0.4, -0.2) is 37.2 Å². The van der Waals surface area contributed by atoms with Crippen molar-refractivity contribution in [1.29, 1.82) is 0 Å². The van der Waals surface area contributed by atoms with Crippen molar-refractivity contribution in [2.75, 3.05) is 25.5 Å². The van der Waals surface area contributed by atoms with E-state index in [0.717, 1.165) is 40.7 Å². The molecule has 1 atom stereocenters. The Hall–Kier alpha value is -1.07. The molecule has 0 spiro atoms. The molecule has 1 N–H and O–H groups in total. The smallest absolute Gasteiger partial charge is 0.321 e. The molecular formula is C15H21BrN2O2. The lowest BCUT2D eigenvalue weighted by Gasteiger charge is -2.22. The summed E-state index contributed by atoms with van der Waals surface area (Å²) in [5.41, 5.74) is 2.99. The topological polar surface area (TPSA) is 41.6 Å². The number of amides is 2. The van der Waals surface area contributed by atoms with Gasteiger partial charge in [0.1, 0.15) is 0 Å². The van der Waals surface area contributed by atoms with Gasteiger partial charge in [0.15, 0.2) is 0 Å². The van der Waals surface area contributed by atoms with Crippen molar-refractivity contribution in [1.82, 2.24) is 4.90 Å². The van der Waals surface area contributed by atoms with Crippen molar-refractivity contribution in [3.8, 4) is 0 Å². The van der Waals surface area contributed by atoms with Crippen molar-refractivity contribution in [3.05, 3.63) is 27.7 Å². The summed E-state index contributed by atoms with van der Waals surface area (Å²) in [4.78, 5) is 13.9. The zero-order valence-corrected chi connectivity index (χ0v) is 13.8. The molecule has 0 aromatic heterocycles. The van der Waals surface area contributed by atoms with Gasteiger partial charge in [-0.1, -0.05) is 15.9 Å². The Morgan fingerprint density at radius 2 is 2.10 bits per heavy atom. The molecule has 0 aliphatic carbocycles. The first kappa shape index (κ1) is 15.3. The van der Waals surface area contributed by atoms with E-state index < -0.39 is 0 Å². The third-order valence-electron chi connectivity index (χ3n) is 3.58. The number of carbonyl (C=O) groups is 1. The predicted octanol–water partition coefficient (Wildman–Crippen LogP) is 3.71. The molecule has 2 amide bonds. The van der Waals surface area contributed by atoms with Gasteiger partial charge in [0.2, 0.25) is 0 Å². The number of carbonyl (C=O) groups excluding carboxylic acids is 1. The van der Waals surface area contributed by atoms with Crippen LogP contribution in [-0.2, 0) is 4.74 Å². The predicted molar refractivity (Wildman–Crippen MR) is 84.2 cm³/mol. The van der Waals surface area contributed by atoms with Gasteiger partial charge in [0.25, 0.3) is 0 Å². The molecule has 2 rings (SSSR count). The van der Waals surface area contributed by atoms with Gasteiger partial charge >= 0.3 is 6.03 Å². The average molecular weight is 341 g/mol. The monoisotopic (exact) mass is 340 g/mol. The first-order valence-corrected chi connectivity index (χ1v) is 7.67. The van der Waals surface area contributed by atoms with E-state index in [1.165, 1.54) is 0 Å². The highest BCUT2D eigenvalue weighted by molar-refractivity contribution is 9.10. The average Bonchev–Trinajstić information content (AvgIpc) is 2.86. The molecule has 1 heterocycles. The minimum atomic E-state index is -0.0889. The van der Waals surface area contributed by atoms with Gasteiger partial charge in [-0.15, -0.1) is 0 Å². The number of halogens is 1. The summed E-state index contributed by atoms with van der Waals surface area (Å²) in [6.07, 6.45) is 2.30. The van der Waals surface area contributed by atoms with E-state index >= 15 is 0 Å². The molecule has 4 nitrogen and oxygen atoms in total. The molecule has 1 aromatic rings. The number of rotatable bonds is 3. The van der Waals surface area contributed by atoms with Gasteiger partial charge in [-0.05, 0) is 49.9 Å². The molecule has 5 heteroatoms. The van der Waals surface area contributed by atoms with Gasteiger partial charge in [-0.2, -0.15) is 0 Å². The van der Waals surface area contributed by atoms with Crippen molar-refractivity contribution in [2.24, 2.45) is 0 Å². The van der Waals surface area contributed by atoms with Crippen LogP contribution in [0.2, 0.25) is 0 Å². The normalized spacial score (nSPS) is 18.1. The molecule has 1 aliphatic heterocycles. The van der Waals surface area contributed by atoms with Crippen LogP contribution < -0.4 is 5.32 Å².